The summed E-state index contributed by atoms with van der Waals surface area (Å²) in [7, 11) is 0. The van der Waals surface area contributed by atoms with Gasteiger partial charge in [0, 0.05) is 30.1 Å². The van der Waals surface area contributed by atoms with Crippen LogP contribution in [0, 0.1) is 13.8 Å². The molecule has 1 heterocycles. The molecule has 4 heteroatoms. The highest BCUT2D eigenvalue weighted by Crippen LogP contribution is 2.33. The average Bonchev–Trinajstić information content (AvgIpc) is 2.87. The van der Waals surface area contributed by atoms with E-state index >= 15 is 0 Å². The lowest BCUT2D eigenvalue weighted by Gasteiger charge is -2.17. The molecule has 0 aliphatic heterocycles. The van der Waals surface area contributed by atoms with Gasteiger partial charge in [-0.25, -0.2) is 4.79 Å². The minimum absolute atomic E-state index is 0.0828. The normalized spacial score (nSPS) is 12.0. The molecule has 0 amide bonds. The highest BCUT2D eigenvalue weighted by molar-refractivity contribution is 5.93. The monoisotopic (exact) mass is 327 g/mol. The third-order valence-electron chi connectivity index (χ3n) is 4.33. The molecule has 0 aliphatic rings. The fourth-order valence-corrected chi connectivity index (χ4v) is 3.08. The van der Waals surface area contributed by atoms with E-state index in [-0.39, 0.29) is 17.7 Å². The first kappa shape index (κ1) is 18.0. The maximum Gasteiger partial charge on any atom is 0.340 e. The van der Waals surface area contributed by atoms with Gasteiger partial charge in [0.2, 0.25) is 0 Å². The molecule has 0 spiro atoms. The molecule has 1 atom stereocenters. The van der Waals surface area contributed by atoms with Crippen molar-refractivity contribution in [2.24, 2.45) is 0 Å². The SMILES string of the molecule is CCOC(=O)c1c(C)[nH]c(C(CC(=O)CC)c2ccccc2)c1C. The van der Waals surface area contributed by atoms with E-state index in [2.05, 4.69) is 4.98 Å². The van der Waals surface area contributed by atoms with Crippen LogP contribution in [0.25, 0.3) is 0 Å². The molecule has 0 bridgehead atoms. The Kier molecular flexibility index (Phi) is 5.96. The zero-order valence-corrected chi connectivity index (χ0v) is 14.8. The average molecular weight is 327 g/mol. The van der Waals surface area contributed by atoms with E-state index in [9.17, 15) is 9.59 Å². The Morgan fingerprint density at radius 3 is 2.38 bits per heavy atom. The van der Waals surface area contributed by atoms with Crippen molar-refractivity contribution < 1.29 is 14.3 Å². The van der Waals surface area contributed by atoms with Crippen LogP contribution in [0.4, 0.5) is 0 Å². The van der Waals surface area contributed by atoms with Gasteiger partial charge in [0.15, 0.2) is 0 Å². The third kappa shape index (κ3) is 3.75. The summed E-state index contributed by atoms with van der Waals surface area (Å²) in [4.78, 5) is 27.7. The van der Waals surface area contributed by atoms with Crippen LogP contribution >= 0.6 is 0 Å². The van der Waals surface area contributed by atoms with Gasteiger partial charge in [-0.3, -0.25) is 4.79 Å². The Balaban J connectivity index is 2.49. The number of hydrogen-bond acceptors (Lipinski definition) is 3. The minimum atomic E-state index is -0.316. The summed E-state index contributed by atoms with van der Waals surface area (Å²) in [5.74, 6) is -0.197. The first-order valence-corrected chi connectivity index (χ1v) is 8.42. The summed E-state index contributed by atoms with van der Waals surface area (Å²) in [6.07, 6.45) is 0.927. The lowest BCUT2D eigenvalue weighted by molar-refractivity contribution is -0.119. The van der Waals surface area contributed by atoms with E-state index in [1.54, 1.807) is 6.92 Å². The van der Waals surface area contributed by atoms with E-state index in [0.717, 1.165) is 22.5 Å². The molecule has 4 nitrogen and oxygen atoms in total. The number of aryl methyl sites for hydroxylation is 1. The Morgan fingerprint density at radius 2 is 1.79 bits per heavy atom. The van der Waals surface area contributed by atoms with Gasteiger partial charge in [0.05, 0.1) is 12.2 Å². The van der Waals surface area contributed by atoms with Crippen LogP contribution in [0.15, 0.2) is 30.3 Å². The Morgan fingerprint density at radius 1 is 1.12 bits per heavy atom. The van der Waals surface area contributed by atoms with E-state index in [0.29, 0.717) is 25.0 Å². The maximum absolute atomic E-state index is 12.2. The third-order valence-corrected chi connectivity index (χ3v) is 4.33. The number of Topliss-reactive ketones (excluding diaryl/α,β-unsaturated/α-hetero) is 1. The molecule has 1 N–H and O–H groups in total. The van der Waals surface area contributed by atoms with E-state index in [1.165, 1.54) is 0 Å². The largest absolute Gasteiger partial charge is 0.462 e. The number of H-pyrrole nitrogens is 1. The van der Waals surface area contributed by atoms with Gasteiger partial charge in [-0.1, -0.05) is 37.3 Å². The van der Waals surface area contributed by atoms with Crippen molar-refractivity contribution in [1.29, 1.82) is 0 Å². The first-order chi connectivity index (χ1) is 11.5. The van der Waals surface area contributed by atoms with Crippen molar-refractivity contribution in [2.45, 2.75) is 46.5 Å². The number of rotatable bonds is 7. The van der Waals surface area contributed by atoms with Crippen LogP contribution in [0.1, 0.15) is 65.5 Å². The number of ketones is 1. The molecule has 24 heavy (non-hydrogen) atoms. The summed E-state index contributed by atoms with van der Waals surface area (Å²) in [5, 5.41) is 0. The highest BCUT2D eigenvalue weighted by Gasteiger charge is 2.26. The number of aromatic amines is 1. The fourth-order valence-electron chi connectivity index (χ4n) is 3.08. The van der Waals surface area contributed by atoms with Crippen molar-refractivity contribution in [3.05, 3.63) is 58.4 Å². The number of carbonyl (C=O) groups is 2. The number of benzene rings is 1. The number of hydrogen-bond donors (Lipinski definition) is 1. The number of carbonyl (C=O) groups excluding carboxylic acids is 2. The molecule has 128 valence electrons. The predicted molar refractivity (Wildman–Crippen MR) is 94.4 cm³/mol. The van der Waals surface area contributed by atoms with Gasteiger partial charge in [-0.2, -0.15) is 0 Å². The zero-order chi connectivity index (χ0) is 17.7. The number of ether oxygens (including phenoxy) is 1. The molecular weight excluding hydrogens is 302 g/mol. The second kappa shape index (κ2) is 7.95. The van der Waals surface area contributed by atoms with Crippen LogP contribution in [-0.4, -0.2) is 23.3 Å². The van der Waals surface area contributed by atoms with Gasteiger partial charge in [0.1, 0.15) is 5.78 Å². The number of esters is 1. The summed E-state index contributed by atoms with van der Waals surface area (Å²) in [6.45, 7) is 7.79. The van der Waals surface area contributed by atoms with Gasteiger partial charge in [0.25, 0.3) is 0 Å². The predicted octanol–water partition coefficient (Wildman–Crippen LogP) is 4.31. The fraction of sp³-hybridized carbons (Fsp3) is 0.400. The lowest BCUT2D eigenvalue weighted by atomic mass is 9.88. The summed E-state index contributed by atoms with van der Waals surface area (Å²) >= 11 is 0. The number of nitrogens with one attached hydrogen (secondary N) is 1. The van der Waals surface area contributed by atoms with Crippen molar-refractivity contribution in [3.63, 3.8) is 0 Å². The van der Waals surface area contributed by atoms with Gasteiger partial charge in [-0.05, 0) is 31.9 Å². The van der Waals surface area contributed by atoms with Crippen molar-refractivity contribution in [1.82, 2.24) is 4.98 Å². The van der Waals surface area contributed by atoms with E-state index in [1.807, 2.05) is 51.1 Å². The van der Waals surface area contributed by atoms with Crippen LogP contribution in [0.2, 0.25) is 0 Å². The molecule has 0 fully saturated rings. The van der Waals surface area contributed by atoms with Crippen LogP contribution in [0.5, 0.6) is 0 Å². The second-order valence-electron chi connectivity index (χ2n) is 5.94. The van der Waals surface area contributed by atoms with Gasteiger partial charge < -0.3 is 9.72 Å². The summed E-state index contributed by atoms with van der Waals surface area (Å²) in [5.41, 5.74) is 4.22. The minimum Gasteiger partial charge on any atom is -0.462 e. The summed E-state index contributed by atoms with van der Waals surface area (Å²) in [6, 6.07) is 9.94. The van der Waals surface area contributed by atoms with Crippen LogP contribution in [-0.2, 0) is 9.53 Å². The molecule has 1 unspecified atom stereocenters. The Labute approximate surface area is 143 Å². The van der Waals surface area contributed by atoms with Gasteiger partial charge >= 0.3 is 5.97 Å². The Hall–Kier alpha value is -2.36. The van der Waals surface area contributed by atoms with E-state index in [4.69, 9.17) is 4.74 Å². The topological polar surface area (TPSA) is 59.2 Å². The molecule has 1 aromatic carbocycles. The molecule has 0 saturated carbocycles. The van der Waals surface area contributed by atoms with Crippen LogP contribution < -0.4 is 0 Å². The molecule has 2 rings (SSSR count). The zero-order valence-electron chi connectivity index (χ0n) is 14.8. The molecular formula is C20H25NO3. The van der Waals surface area contributed by atoms with Crippen molar-refractivity contribution >= 4 is 11.8 Å². The molecule has 1 aromatic heterocycles. The molecule has 0 saturated heterocycles. The Bertz CT molecular complexity index is 716. The molecule has 0 aliphatic carbocycles. The second-order valence-corrected chi connectivity index (χ2v) is 5.94. The van der Waals surface area contributed by atoms with Crippen molar-refractivity contribution in [2.75, 3.05) is 6.61 Å². The standard InChI is InChI=1S/C20H25NO3/c1-5-16(22)12-17(15-10-8-7-9-11-15)19-13(3)18(14(4)21-19)20(23)24-6-2/h7-11,17,21H,5-6,12H2,1-4H3. The maximum atomic E-state index is 12.2. The van der Waals surface area contributed by atoms with Gasteiger partial charge in [-0.15, -0.1) is 0 Å². The van der Waals surface area contributed by atoms with E-state index < -0.39 is 0 Å². The highest BCUT2D eigenvalue weighted by atomic mass is 16.5. The van der Waals surface area contributed by atoms with Crippen molar-refractivity contribution in [3.8, 4) is 0 Å². The molecule has 0 radical (unpaired) electrons. The quantitative estimate of drug-likeness (QED) is 0.771. The number of aromatic nitrogens is 1. The first-order valence-electron chi connectivity index (χ1n) is 8.42. The van der Waals surface area contributed by atoms with Crippen LogP contribution in [0.3, 0.4) is 0 Å². The lowest BCUT2D eigenvalue weighted by Crippen LogP contribution is -2.10. The molecule has 2 aromatic rings. The smallest absolute Gasteiger partial charge is 0.340 e. The summed E-state index contributed by atoms with van der Waals surface area (Å²) < 4.78 is 5.16.